The van der Waals surface area contributed by atoms with Gasteiger partial charge in [0.2, 0.25) is 10.0 Å². The molecule has 8 heteroatoms. The number of aryl methyl sites for hydroxylation is 1. The SMILES string of the molecule is Cc1ccc2c(-c3cn[nH]c3)cc(NCCS(N)(=O)=O)nc2c1. The lowest BCUT2D eigenvalue weighted by atomic mass is 10.0. The first-order valence-corrected chi connectivity index (χ1v) is 8.79. The molecular formula is C15H17N5O2S. The molecule has 3 aromatic rings. The van der Waals surface area contributed by atoms with Gasteiger partial charge in [0.15, 0.2) is 0 Å². The average Bonchev–Trinajstić information content (AvgIpc) is 2.98. The predicted octanol–water partition coefficient (Wildman–Crippen LogP) is 1.63. The van der Waals surface area contributed by atoms with Crippen molar-refractivity contribution in [2.45, 2.75) is 6.92 Å². The summed E-state index contributed by atoms with van der Waals surface area (Å²) < 4.78 is 22.1. The molecule has 0 saturated carbocycles. The van der Waals surface area contributed by atoms with Crippen molar-refractivity contribution in [1.29, 1.82) is 0 Å². The molecule has 2 aromatic heterocycles. The van der Waals surface area contributed by atoms with Crippen molar-refractivity contribution in [1.82, 2.24) is 15.2 Å². The Balaban J connectivity index is 2.02. The second kappa shape index (κ2) is 5.98. The predicted molar refractivity (Wildman–Crippen MR) is 90.5 cm³/mol. The summed E-state index contributed by atoms with van der Waals surface area (Å²) in [5.74, 6) is 0.449. The fourth-order valence-electron chi connectivity index (χ4n) is 2.39. The Kier molecular flexibility index (Phi) is 4.01. The lowest BCUT2D eigenvalue weighted by molar-refractivity contribution is 0.598. The number of aromatic amines is 1. The second-order valence-corrected chi connectivity index (χ2v) is 7.09. The van der Waals surface area contributed by atoms with E-state index in [4.69, 9.17) is 5.14 Å². The van der Waals surface area contributed by atoms with Crippen LogP contribution in [0.25, 0.3) is 22.0 Å². The van der Waals surface area contributed by atoms with Crippen LogP contribution in [0.3, 0.4) is 0 Å². The number of rotatable bonds is 5. The maximum atomic E-state index is 11.0. The molecule has 120 valence electrons. The molecule has 0 bridgehead atoms. The first-order chi connectivity index (χ1) is 10.9. The van der Waals surface area contributed by atoms with Crippen molar-refractivity contribution in [2.75, 3.05) is 17.6 Å². The highest BCUT2D eigenvalue weighted by atomic mass is 32.2. The minimum absolute atomic E-state index is 0.151. The summed E-state index contributed by atoms with van der Waals surface area (Å²) in [6.45, 7) is 2.20. The quantitative estimate of drug-likeness (QED) is 0.657. The van der Waals surface area contributed by atoms with Crippen molar-refractivity contribution in [2.24, 2.45) is 5.14 Å². The van der Waals surface area contributed by atoms with E-state index in [2.05, 4.69) is 20.5 Å². The minimum atomic E-state index is -3.50. The summed E-state index contributed by atoms with van der Waals surface area (Å²) in [4.78, 5) is 4.55. The highest BCUT2D eigenvalue weighted by molar-refractivity contribution is 7.89. The van der Waals surface area contributed by atoms with Crippen LogP contribution in [0.15, 0.2) is 36.7 Å². The van der Waals surface area contributed by atoms with Gasteiger partial charge < -0.3 is 5.32 Å². The minimum Gasteiger partial charge on any atom is -0.369 e. The van der Waals surface area contributed by atoms with Gasteiger partial charge in [-0.1, -0.05) is 12.1 Å². The standard InChI is InChI=1S/C15H17N5O2S/c1-10-2-3-12-13(11-8-18-19-9-11)7-15(20-14(12)6-10)17-4-5-23(16,21)22/h2-3,6-9H,4-5H2,1H3,(H,17,20)(H,18,19)(H2,16,21,22). The van der Waals surface area contributed by atoms with Gasteiger partial charge in [-0.25, -0.2) is 18.5 Å². The van der Waals surface area contributed by atoms with Crippen LogP contribution in [-0.4, -0.2) is 35.9 Å². The molecule has 2 heterocycles. The highest BCUT2D eigenvalue weighted by Crippen LogP contribution is 2.30. The maximum absolute atomic E-state index is 11.0. The van der Waals surface area contributed by atoms with E-state index in [1.54, 1.807) is 6.20 Å². The zero-order valence-electron chi connectivity index (χ0n) is 12.6. The smallest absolute Gasteiger partial charge is 0.210 e. The van der Waals surface area contributed by atoms with Gasteiger partial charge in [-0.15, -0.1) is 0 Å². The molecule has 0 fully saturated rings. The zero-order valence-corrected chi connectivity index (χ0v) is 13.4. The number of nitrogens with zero attached hydrogens (tertiary/aromatic N) is 2. The summed E-state index contributed by atoms with van der Waals surface area (Å²) in [6.07, 6.45) is 3.55. The monoisotopic (exact) mass is 331 g/mol. The molecule has 3 rings (SSSR count). The molecule has 0 spiro atoms. The van der Waals surface area contributed by atoms with E-state index in [9.17, 15) is 8.42 Å². The number of hydrogen-bond acceptors (Lipinski definition) is 5. The number of hydrogen-bond donors (Lipinski definition) is 3. The van der Waals surface area contributed by atoms with Gasteiger partial charge in [0.05, 0.1) is 17.5 Å². The van der Waals surface area contributed by atoms with Crippen LogP contribution < -0.4 is 10.5 Å². The molecule has 0 aliphatic carbocycles. The molecule has 0 aliphatic heterocycles. The van der Waals surface area contributed by atoms with Crippen LogP contribution in [-0.2, 0) is 10.0 Å². The molecule has 1 aromatic carbocycles. The van der Waals surface area contributed by atoms with Crippen molar-refractivity contribution in [3.05, 3.63) is 42.2 Å². The average molecular weight is 331 g/mol. The van der Waals surface area contributed by atoms with E-state index in [0.717, 1.165) is 27.6 Å². The van der Waals surface area contributed by atoms with Crippen LogP contribution in [0.5, 0.6) is 0 Å². The lowest BCUT2D eigenvalue weighted by Crippen LogP contribution is -2.22. The van der Waals surface area contributed by atoms with E-state index in [-0.39, 0.29) is 12.3 Å². The number of H-pyrrole nitrogens is 1. The number of pyridine rings is 1. The number of aromatic nitrogens is 3. The number of sulfonamides is 1. The number of nitrogens with two attached hydrogens (primary N) is 1. The van der Waals surface area contributed by atoms with E-state index in [1.165, 1.54) is 0 Å². The summed E-state index contributed by atoms with van der Waals surface area (Å²) in [5.41, 5.74) is 3.85. The molecule has 4 N–H and O–H groups in total. The molecule has 0 radical (unpaired) electrons. The highest BCUT2D eigenvalue weighted by Gasteiger charge is 2.10. The molecule has 0 aliphatic rings. The Morgan fingerprint density at radius 2 is 2.13 bits per heavy atom. The third-order valence-electron chi connectivity index (χ3n) is 3.47. The van der Waals surface area contributed by atoms with Crippen molar-refractivity contribution < 1.29 is 8.42 Å². The molecule has 7 nitrogen and oxygen atoms in total. The van der Waals surface area contributed by atoms with Gasteiger partial charge in [0.1, 0.15) is 5.82 Å². The van der Waals surface area contributed by atoms with Crippen LogP contribution >= 0.6 is 0 Å². The van der Waals surface area contributed by atoms with Gasteiger partial charge in [-0.05, 0) is 30.2 Å². The zero-order chi connectivity index (χ0) is 16.4. The third-order valence-corrected chi connectivity index (χ3v) is 4.24. The van der Waals surface area contributed by atoms with Gasteiger partial charge >= 0.3 is 0 Å². The topological polar surface area (TPSA) is 114 Å². The maximum Gasteiger partial charge on any atom is 0.210 e. The number of nitrogens with one attached hydrogen (secondary N) is 2. The third kappa shape index (κ3) is 3.66. The lowest BCUT2D eigenvalue weighted by Gasteiger charge is -2.10. The first-order valence-electron chi connectivity index (χ1n) is 7.07. The Labute approximate surface area is 134 Å². The number of primary sulfonamides is 1. The van der Waals surface area contributed by atoms with Crippen molar-refractivity contribution in [3.63, 3.8) is 0 Å². The molecule has 0 saturated heterocycles. The van der Waals surface area contributed by atoms with E-state index in [0.29, 0.717) is 5.82 Å². The summed E-state index contributed by atoms with van der Waals surface area (Å²) in [6, 6.07) is 7.92. The van der Waals surface area contributed by atoms with Crippen LogP contribution in [0, 0.1) is 6.92 Å². The van der Waals surface area contributed by atoms with Gasteiger partial charge in [-0.2, -0.15) is 5.10 Å². The summed E-state index contributed by atoms with van der Waals surface area (Å²) >= 11 is 0. The van der Waals surface area contributed by atoms with Crippen molar-refractivity contribution in [3.8, 4) is 11.1 Å². The van der Waals surface area contributed by atoms with E-state index >= 15 is 0 Å². The molecule has 23 heavy (non-hydrogen) atoms. The number of anilines is 1. The van der Waals surface area contributed by atoms with E-state index < -0.39 is 10.0 Å². The Hall–Kier alpha value is -2.45. The van der Waals surface area contributed by atoms with Gasteiger partial charge in [0, 0.05) is 23.7 Å². The number of benzene rings is 1. The van der Waals surface area contributed by atoms with Gasteiger partial charge in [-0.3, -0.25) is 5.10 Å². The Morgan fingerprint density at radius 3 is 2.83 bits per heavy atom. The summed E-state index contributed by atoms with van der Waals surface area (Å²) in [5, 5.41) is 15.8. The fourth-order valence-corrected chi connectivity index (χ4v) is 2.77. The second-order valence-electron chi connectivity index (χ2n) is 5.36. The largest absolute Gasteiger partial charge is 0.369 e. The molecule has 0 amide bonds. The normalized spacial score (nSPS) is 11.7. The first kappa shape index (κ1) is 15.4. The fraction of sp³-hybridized carbons (Fsp3) is 0.200. The van der Waals surface area contributed by atoms with Crippen LogP contribution in [0.2, 0.25) is 0 Å². The Morgan fingerprint density at radius 1 is 1.30 bits per heavy atom. The summed E-state index contributed by atoms with van der Waals surface area (Å²) in [7, 11) is -3.50. The van der Waals surface area contributed by atoms with Crippen molar-refractivity contribution >= 4 is 26.7 Å². The molecule has 0 atom stereocenters. The van der Waals surface area contributed by atoms with Crippen LogP contribution in [0.4, 0.5) is 5.82 Å². The van der Waals surface area contributed by atoms with Gasteiger partial charge in [0.25, 0.3) is 0 Å². The molecule has 0 unspecified atom stereocenters. The number of fused-ring (bicyclic) bond motifs is 1. The molecular weight excluding hydrogens is 314 g/mol. The van der Waals surface area contributed by atoms with E-state index in [1.807, 2.05) is 37.4 Å². The Bertz CT molecular complexity index is 936. The van der Waals surface area contributed by atoms with Crippen LogP contribution in [0.1, 0.15) is 5.56 Å².